The molecule has 2 aromatic heterocycles. The van der Waals surface area contributed by atoms with Gasteiger partial charge in [0.25, 0.3) is 0 Å². The van der Waals surface area contributed by atoms with E-state index in [9.17, 15) is 4.79 Å². The van der Waals surface area contributed by atoms with Crippen LogP contribution in [0.2, 0.25) is 0 Å². The molecular formula is C22H24N2O2. The molecule has 0 aliphatic carbocycles. The van der Waals surface area contributed by atoms with E-state index in [0.717, 1.165) is 27.9 Å². The van der Waals surface area contributed by atoms with Crippen LogP contribution in [0.5, 0.6) is 0 Å². The molecule has 0 unspecified atom stereocenters. The van der Waals surface area contributed by atoms with Gasteiger partial charge in [0.1, 0.15) is 0 Å². The van der Waals surface area contributed by atoms with Crippen LogP contribution in [0, 0.1) is 0 Å². The van der Waals surface area contributed by atoms with E-state index in [2.05, 4.69) is 48.9 Å². The lowest BCUT2D eigenvalue weighted by atomic mass is 9.87. The Bertz CT molecular complexity index is 962. The van der Waals surface area contributed by atoms with Crippen LogP contribution in [0.15, 0.2) is 48.7 Å². The van der Waals surface area contributed by atoms with Gasteiger partial charge in [-0.1, -0.05) is 26.8 Å². The number of H-pyrrole nitrogens is 1. The standard InChI is InChI=1S/C22H24N2O2/c1-5-26-21(25)9-7-15-6-8-18-16(12-15)13-20(24-18)19-14-17(10-11-23-19)22(2,3)4/h6-14,24H,5H2,1-4H3/b9-7+. The molecule has 0 aliphatic rings. The summed E-state index contributed by atoms with van der Waals surface area (Å²) in [4.78, 5) is 19.4. The van der Waals surface area contributed by atoms with Crippen LogP contribution >= 0.6 is 0 Å². The number of pyridine rings is 1. The second kappa shape index (κ2) is 7.16. The molecule has 0 saturated heterocycles. The van der Waals surface area contributed by atoms with Crippen LogP contribution in [0.3, 0.4) is 0 Å². The van der Waals surface area contributed by atoms with Crippen molar-refractivity contribution in [1.29, 1.82) is 0 Å². The summed E-state index contributed by atoms with van der Waals surface area (Å²) in [5, 5.41) is 1.08. The van der Waals surface area contributed by atoms with E-state index in [4.69, 9.17) is 4.74 Å². The predicted octanol–water partition coefficient (Wildman–Crippen LogP) is 5.10. The largest absolute Gasteiger partial charge is 0.463 e. The zero-order chi connectivity index (χ0) is 18.7. The number of nitrogens with zero attached hydrogens (tertiary/aromatic N) is 1. The van der Waals surface area contributed by atoms with Gasteiger partial charge in [0.2, 0.25) is 0 Å². The summed E-state index contributed by atoms with van der Waals surface area (Å²) in [7, 11) is 0. The maximum absolute atomic E-state index is 11.5. The normalized spacial score (nSPS) is 12.0. The maximum atomic E-state index is 11.5. The Balaban J connectivity index is 1.92. The van der Waals surface area contributed by atoms with Gasteiger partial charge in [-0.05, 0) is 59.9 Å². The molecule has 26 heavy (non-hydrogen) atoms. The Labute approximate surface area is 153 Å². The molecule has 4 nitrogen and oxygen atoms in total. The summed E-state index contributed by atoms with van der Waals surface area (Å²) in [6.45, 7) is 8.75. The molecular weight excluding hydrogens is 324 g/mol. The maximum Gasteiger partial charge on any atom is 0.330 e. The van der Waals surface area contributed by atoms with E-state index in [0.29, 0.717) is 6.61 Å². The second-order valence-electron chi connectivity index (χ2n) is 7.29. The Kier molecular flexibility index (Phi) is 4.94. The number of esters is 1. The molecule has 0 bridgehead atoms. The van der Waals surface area contributed by atoms with E-state index < -0.39 is 0 Å². The summed E-state index contributed by atoms with van der Waals surface area (Å²) in [5.74, 6) is -0.328. The van der Waals surface area contributed by atoms with Gasteiger partial charge in [0, 0.05) is 23.2 Å². The van der Waals surface area contributed by atoms with Crippen molar-refractivity contribution in [2.75, 3.05) is 6.61 Å². The third kappa shape index (κ3) is 4.02. The molecule has 0 spiro atoms. The molecule has 0 fully saturated rings. The van der Waals surface area contributed by atoms with Crippen molar-refractivity contribution >= 4 is 22.9 Å². The Morgan fingerprint density at radius 3 is 2.73 bits per heavy atom. The monoisotopic (exact) mass is 348 g/mol. The molecule has 1 aromatic carbocycles. The smallest absolute Gasteiger partial charge is 0.330 e. The van der Waals surface area contributed by atoms with Gasteiger partial charge in [-0.15, -0.1) is 0 Å². The average molecular weight is 348 g/mol. The molecule has 134 valence electrons. The van der Waals surface area contributed by atoms with Crippen molar-refractivity contribution in [3.8, 4) is 11.4 Å². The first-order valence-corrected chi connectivity index (χ1v) is 8.81. The van der Waals surface area contributed by atoms with Crippen molar-refractivity contribution in [1.82, 2.24) is 9.97 Å². The molecule has 0 saturated carbocycles. The van der Waals surface area contributed by atoms with Crippen LogP contribution in [0.1, 0.15) is 38.8 Å². The Morgan fingerprint density at radius 1 is 1.19 bits per heavy atom. The highest BCUT2D eigenvalue weighted by atomic mass is 16.5. The molecule has 4 heteroatoms. The van der Waals surface area contributed by atoms with Crippen molar-refractivity contribution in [2.24, 2.45) is 0 Å². The molecule has 3 rings (SSSR count). The van der Waals surface area contributed by atoms with E-state index in [1.165, 1.54) is 11.6 Å². The van der Waals surface area contributed by atoms with E-state index in [-0.39, 0.29) is 11.4 Å². The third-order valence-electron chi connectivity index (χ3n) is 4.25. The minimum Gasteiger partial charge on any atom is -0.463 e. The van der Waals surface area contributed by atoms with Crippen LogP contribution in [-0.4, -0.2) is 22.5 Å². The van der Waals surface area contributed by atoms with E-state index in [1.54, 1.807) is 13.0 Å². The molecule has 0 amide bonds. The third-order valence-corrected chi connectivity index (χ3v) is 4.25. The fraction of sp³-hybridized carbons (Fsp3) is 0.273. The summed E-state index contributed by atoms with van der Waals surface area (Å²) >= 11 is 0. The van der Waals surface area contributed by atoms with Crippen molar-refractivity contribution in [3.05, 3.63) is 59.8 Å². The van der Waals surface area contributed by atoms with Crippen LogP contribution in [0.4, 0.5) is 0 Å². The zero-order valence-electron chi connectivity index (χ0n) is 15.7. The molecule has 0 atom stereocenters. The number of aromatic nitrogens is 2. The van der Waals surface area contributed by atoms with Gasteiger partial charge in [-0.25, -0.2) is 4.79 Å². The van der Waals surface area contributed by atoms with E-state index in [1.807, 2.05) is 24.4 Å². The molecule has 2 heterocycles. The first kappa shape index (κ1) is 17.9. The van der Waals surface area contributed by atoms with Crippen molar-refractivity contribution < 1.29 is 9.53 Å². The summed E-state index contributed by atoms with van der Waals surface area (Å²) < 4.78 is 4.91. The van der Waals surface area contributed by atoms with Crippen LogP contribution in [0.25, 0.3) is 28.4 Å². The SMILES string of the molecule is CCOC(=O)/C=C/c1ccc2[nH]c(-c3cc(C(C)(C)C)ccn3)cc2c1. The predicted molar refractivity (Wildman–Crippen MR) is 106 cm³/mol. The minimum atomic E-state index is -0.328. The van der Waals surface area contributed by atoms with Gasteiger partial charge in [-0.3, -0.25) is 4.98 Å². The average Bonchev–Trinajstić information content (AvgIpc) is 3.03. The number of aromatic amines is 1. The summed E-state index contributed by atoms with van der Waals surface area (Å²) in [5.41, 5.74) is 5.23. The van der Waals surface area contributed by atoms with Crippen LogP contribution < -0.4 is 0 Å². The number of rotatable bonds is 4. The lowest BCUT2D eigenvalue weighted by Gasteiger charge is -2.19. The molecule has 1 N–H and O–H groups in total. The Hall–Kier alpha value is -2.88. The summed E-state index contributed by atoms with van der Waals surface area (Å²) in [6.07, 6.45) is 5.07. The number of carbonyl (C=O) groups is 1. The minimum absolute atomic E-state index is 0.0781. The van der Waals surface area contributed by atoms with Crippen molar-refractivity contribution in [2.45, 2.75) is 33.1 Å². The van der Waals surface area contributed by atoms with Gasteiger partial charge in [-0.2, -0.15) is 0 Å². The fourth-order valence-electron chi connectivity index (χ4n) is 2.79. The molecule has 0 radical (unpaired) electrons. The first-order valence-electron chi connectivity index (χ1n) is 8.81. The molecule has 0 aliphatic heterocycles. The topological polar surface area (TPSA) is 55.0 Å². The van der Waals surface area contributed by atoms with Crippen molar-refractivity contribution in [3.63, 3.8) is 0 Å². The van der Waals surface area contributed by atoms with E-state index >= 15 is 0 Å². The van der Waals surface area contributed by atoms with Gasteiger partial charge in [0.15, 0.2) is 0 Å². The fourth-order valence-corrected chi connectivity index (χ4v) is 2.79. The lowest BCUT2D eigenvalue weighted by molar-refractivity contribution is -0.137. The number of fused-ring (bicyclic) bond motifs is 1. The summed E-state index contributed by atoms with van der Waals surface area (Å²) in [6, 6.07) is 12.3. The number of benzene rings is 1. The number of carbonyl (C=O) groups excluding carboxylic acids is 1. The van der Waals surface area contributed by atoms with Crippen LogP contribution in [-0.2, 0) is 14.9 Å². The highest BCUT2D eigenvalue weighted by Gasteiger charge is 2.15. The lowest BCUT2D eigenvalue weighted by Crippen LogP contribution is -2.11. The number of nitrogens with one attached hydrogen (secondary N) is 1. The number of hydrogen-bond donors (Lipinski definition) is 1. The quantitative estimate of drug-likeness (QED) is 0.527. The second-order valence-corrected chi connectivity index (χ2v) is 7.29. The van der Waals surface area contributed by atoms with Gasteiger partial charge >= 0.3 is 5.97 Å². The first-order chi connectivity index (χ1) is 12.4. The van der Waals surface area contributed by atoms with Gasteiger partial charge in [0.05, 0.1) is 18.0 Å². The highest BCUT2D eigenvalue weighted by molar-refractivity contribution is 5.90. The Morgan fingerprint density at radius 2 is 2.00 bits per heavy atom. The number of ether oxygens (including phenoxy) is 1. The van der Waals surface area contributed by atoms with Gasteiger partial charge < -0.3 is 9.72 Å². The zero-order valence-corrected chi connectivity index (χ0v) is 15.7. The number of hydrogen-bond acceptors (Lipinski definition) is 3. The molecule has 3 aromatic rings. The highest BCUT2D eigenvalue weighted by Crippen LogP contribution is 2.28.